The summed E-state index contributed by atoms with van der Waals surface area (Å²) in [6, 6.07) is 0. The van der Waals surface area contributed by atoms with E-state index in [1.165, 1.54) is 0 Å². The first kappa shape index (κ1) is 8.94. The third-order valence-corrected chi connectivity index (χ3v) is 1.40. The van der Waals surface area contributed by atoms with Crippen LogP contribution in [0.15, 0.2) is 0 Å². The van der Waals surface area contributed by atoms with Gasteiger partial charge in [-0.25, -0.2) is 13.2 Å². The first-order valence-corrected chi connectivity index (χ1v) is 3.02. The van der Waals surface area contributed by atoms with E-state index in [0.29, 0.717) is 0 Å². The normalized spacial score (nSPS) is 17.4. The highest BCUT2D eigenvalue weighted by Crippen LogP contribution is 2.14. The van der Waals surface area contributed by atoms with Crippen LogP contribution in [0.4, 0.5) is 13.2 Å². The number of carbonyl (C=O) groups is 1. The Morgan fingerprint density at radius 1 is 1.33 bits per heavy atom. The van der Waals surface area contributed by atoms with Gasteiger partial charge >= 0.3 is 0 Å². The lowest BCUT2D eigenvalue weighted by Crippen LogP contribution is -2.24. The smallest absolute Gasteiger partial charge is 0.270 e. The molecular formula is C4H4BrF3O. The molecule has 0 heterocycles. The summed E-state index contributed by atoms with van der Waals surface area (Å²) in [6.45, 7) is 0. The molecule has 0 aromatic heterocycles. The summed E-state index contributed by atoms with van der Waals surface area (Å²) < 4.78 is 34.5. The van der Waals surface area contributed by atoms with Crippen LogP contribution in [0.5, 0.6) is 0 Å². The van der Waals surface area contributed by atoms with Crippen LogP contribution in [-0.4, -0.2) is 23.7 Å². The average molecular weight is 205 g/mol. The summed E-state index contributed by atoms with van der Waals surface area (Å²) in [5, 5.41) is 0. The quantitative estimate of drug-likeness (QED) is 0.504. The monoisotopic (exact) mass is 204 g/mol. The summed E-state index contributed by atoms with van der Waals surface area (Å²) >= 11 is 2.42. The van der Waals surface area contributed by atoms with E-state index in [4.69, 9.17) is 0 Å². The van der Waals surface area contributed by atoms with E-state index in [1.807, 2.05) is 0 Å². The number of hydrogen-bond acceptors (Lipinski definition) is 1. The summed E-state index contributed by atoms with van der Waals surface area (Å²) in [4.78, 5) is 8.24. The topological polar surface area (TPSA) is 17.1 Å². The Morgan fingerprint density at radius 2 is 1.78 bits per heavy atom. The molecule has 0 spiro atoms. The highest BCUT2D eigenvalue weighted by atomic mass is 79.9. The van der Waals surface area contributed by atoms with E-state index in [2.05, 4.69) is 15.9 Å². The average Bonchev–Trinajstić information content (AvgIpc) is 1.84. The van der Waals surface area contributed by atoms with Crippen molar-refractivity contribution >= 4 is 22.2 Å². The highest BCUT2D eigenvalue weighted by molar-refractivity contribution is 9.10. The van der Waals surface area contributed by atoms with Crippen molar-refractivity contribution in [2.75, 3.05) is 0 Å². The Bertz CT molecular complexity index is 97.8. The predicted molar refractivity (Wildman–Crippen MR) is 29.7 cm³/mol. The van der Waals surface area contributed by atoms with Crippen LogP contribution in [0.25, 0.3) is 0 Å². The van der Waals surface area contributed by atoms with Gasteiger partial charge in [0.2, 0.25) is 0 Å². The SMILES string of the molecule is O=CC(Br)C(F)C(F)F. The molecule has 0 aromatic carbocycles. The van der Waals surface area contributed by atoms with Gasteiger partial charge in [0.25, 0.3) is 6.43 Å². The van der Waals surface area contributed by atoms with Crippen LogP contribution in [-0.2, 0) is 4.79 Å². The van der Waals surface area contributed by atoms with Gasteiger partial charge in [0.05, 0.1) is 0 Å². The maximum Gasteiger partial charge on any atom is 0.270 e. The van der Waals surface area contributed by atoms with Crippen molar-refractivity contribution in [3.05, 3.63) is 0 Å². The highest BCUT2D eigenvalue weighted by Gasteiger charge is 2.26. The zero-order valence-corrected chi connectivity index (χ0v) is 5.82. The van der Waals surface area contributed by atoms with Crippen molar-refractivity contribution in [1.82, 2.24) is 0 Å². The molecule has 54 valence electrons. The zero-order chi connectivity index (χ0) is 7.44. The number of carbonyl (C=O) groups excluding carboxylic acids is 1. The predicted octanol–water partition coefficient (Wildman–Crippen LogP) is 1.55. The summed E-state index contributed by atoms with van der Waals surface area (Å²) in [7, 11) is 0. The van der Waals surface area contributed by atoms with Crippen molar-refractivity contribution in [2.45, 2.75) is 17.4 Å². The minimum atomic E-state index is -3.10. The molecule has 2 atom stereocenters. The van der Waals surface area contributed by atoms with Gasteiger partial charge in [-0.05, 0) is 0 Å². The first-order chi connectivity index (χ1) is 4.09. The van der Waals surface area contributed by atoms with Crippen molar-refractivity contribution in [1.29, 1.82) is 0 Å². The van der Waals surface area contributed by atoms with Crippen LogP contribution in [0.2, 0.25) is 0 Å². The lowest BCUT2D eigenvalue weighted by atomic mass is 10.3. The van der Waals surface area contributed by atoms with E-state index in [0.717, 1.165) is 0 Å². The van der Waals surface area contributed by atoms with E-state index in [-0.39, 0.29) is 6.29 Å². The molecule has 0 amide bonds. The van der Waals surface area contributed by atoms with Gasteiger partial charge in [-0.3, -0.25) is 0 Å². The molecule has 0 bridgehead atoms. The third kappa shape index (κ3) is 2.84. The van der Waals surface area contributed by atoms with Gasteiger partial charge in [0.15, 0.2) is 6.17 Å². The molecule has 0 aliphatic rings. The van der Waals surface area contributed by atoms with Gasteiger partial charge < -0.3 is 4.79 Å². The van der Waals surface area contributed by atoms with Crippen LogP contribution in [0, 0.1) is 0 Å². The van der Waals surface area contributed by atoms with Crippen molar-refractivity contribution < 1.29 is 18.0 Å². The fourth-order valence-electron chi connectivity index (χ4n) is 0.214. The van der Waals surface area contributed by atoms with Gasteiger partial charge in [-0.15, -0.1) is 0 Å². The van der Waals surface area contributed by atoms with E-state index >= 15 is 0 Å². The number of rotatable bonds is 3. The fourth-order valence-corrected chi connectivity index (χ4v) is 0.445. The Hall–Kier alpha value is -0.0600. The second kappa shape index (κ2) is 3.87. The summed E-state index contributed by atoms with van der Waals surface area (Å²) in [6.07, 6.45) is -5.40. The van der Waals surface area contributed by atoms with Crippen molar-refractivity contribution in [3.63, 3.8) is 0 Å². The number of aldehydes is 1. The molecule has 2 unspecified atom stereocenters. The lowest BCUT2D eigenvalue weighted by molar-refractivity contribution is -0.109. The lowest BCUT2D eigenvalue weighted by Gasteiger charge is -2.06. The van der Waals surface area contributed by atoms with E-state index in [9.17, 15) is 18.0 Å². The molecule has 9 heavy (non-hydrogen) atoms. The second-order valence-corrected chi connectivity index (χ2v) is 2.42. The molecule has 0 aromatic rings. The Labute approximate surface area is 58.4 Å². The van der Waals surface area contributed by atoms with Crippen LogP contribution in [0.1, 0.15) is 0 Å². The minimum Gasteiger partial charge on any atom is -0.302 e. The van der Waals surface area contributed by atoms with Crippen LogP contribution in [0.3, 0.4) is 0 Å². The molecule has 0 rings (SSSR count). The number of alkyl halides is 4. The standard InChI is InChI=1S/C4H4BrF3O/c5-2(1-9)3(6)4(7)8/h1-4H. The van der Waals surface area contributed by atoms with Crippen LogP contribution >= 0.6 is 15.9 Å². The molecule has 0 N–H and O–H groups in total. The van der Waals surface area contributed by atoms with Crippen LogP contribution < -0.4 is 0 Å². The molecule has 0 saturated carbocycles. The van der Waals surface area contributed by atoms with Gasteiger partial charge in [0.1, 0.15) is 11.1 Å². The summed E-state index contributed by atoms with van der Waals surface area (Å²) in [5.74, 6) is 0. The molecular weight excluding hydrogens is 201 g/mol. The zero-order valence-electron chi connectivity index (χ0n) is 4.23. The fraction of sp³-hybridized carbons (Fsp3) is 0.750. The Morgan fingerprint density at radius 3 is 1.89 bits per heavy atom. The van der Waals surface area contributed by atoms with Crippen molar-refractivity contribution in [2.24, 2.45) is 0 Å². The minimum absolute atomic E-state index is 0.0941. The molecule has 0 aliphatic heterocycles. The van der Waals surface area contributed by atoms with Gasteiger partial charge in [-0.2, -0.15) is 0 Å². The molecule has 0 fully saturated rings. The molecule has 0 radical (unpaired) electrons. The van der Waals surface area contributed by atoms with Gasteiger partial charge in [0, 0.05) is 0 Å². The Kier molecular flexibility index (Phi) is 3.84. The maximum absolute atomic E-state index is 11.9. The van der Waals surface area contributed by atoms with E-state index in [1.54, 1.807) is 0 Å². The van der Waals surface area contributed by atoms with E-state index < -0.39 is 17.4 Å². The second-order valence-electron chi connectivity index (χ2n) is 1.36. The molecule has 1 nitrogen and oxygen atoms in total. The third-order valence-electron chi connectivity index (χ3n) is 0.675. The molecule has 5 heteroatoms. The molecule has 0 saturated heterocycles. The molecule has 0 aliphatic carbocycles. The first-order valence-electron chi connectivity index (χ1n) is 2.11. The Balaban J connectivity index is 3.71. The number of halogens is 4. The maximum atomic E-state index is 11.9. The number of hydrogen-bond donors (Lipinski definition) is 0. The summed E-state index contributed by atoms with van der Waals surface area (Å²) in [5.41, 5.74) is 0. The van der Waals surface area contributed by atoms with Crippen molar-refractivity contribution in [3.8, 4) is 0 Å². The van der Waals surface area contributed by atoms with Gasteiger partial charge in [-0.1, -0.05) is 15.9 Å². The largest absolute Gasteiger partial charge is 0.302 e.